The van der Waals surface area contributed by atoms with E-state index in [-0.39, 0.29) is 5.41 Å². The first kappa shape index (κ1) is 12.1. The topological polar surface area (TPSA) is 47.6 Å². The molecule has 0 unspecified atom stereocenters. The second-order valence-corrected chi connectivity index (χ2v) is 5.36. The highest BCUT2D eigenvalue weighted by Gasteiger charge is 2.20. The summed E-state index contributed by atoms with van der Waals surface area (Å²) in [5.41, 5.74) is 2.23. The number of fused-ring (bicyclic) bond motifs is 1. The van der Waals surface area contributed by atoms with Gasteiger partial charge in [-0.1, -0.05) is 45.0 Å². The number of nitriles is 2. The Hall–Kier alpha value is -2.32. The number of benzene rings is 2. The van der Waals surface area contributed by atoms with Gasteiger partial charge >= 0.3 is 0 Å². The zero-order valence-electron chi connectivity index (χ0n) is 10.8. The maximum Gasteiger partial charge on any atom is 0.100 e. The van der Waals surface area contributed by atoms with Crippen LogP contribution >= 0.6 is 0 Å². The highest BCUT2D eigenvalue weighted by molar-refractivity contribution is 5.93. The van der Waals surface area contributed by atoms with Crippen molar-refractivity contribution in [3.05, 3.63) is 47.0 Å². The molecule has 0 amide bonds. The lowest BCUT2D eigenvalue weighted by Gasteiger charge is -2.21. The van der Waals surface area contributed by atoms with E-state index in [9.17, 15) is 5.26 Å². The summed E-state index contributed by atoms with van der Waals surface area (Å²) >= 11 is 0. The summed E-state index contributed by atoms with van der Waals surface area (Å²) in [6.45, 7) is 6.26. The molecule has 0 fully saturated rings. The standard InChI is InChI=1S/C16H14N2/c1-16(2,3)15-8-7-12-11(9-17)5-4-6-13(12)14(15)10-18/h4-8H,1-3H3. The molecule has 0 saturated heterocycles. The molecule has 0 saturated carbocycles. The van der Waals surface area contributed by atoms with Crippen molar-refractivity contribution >= 4 is 10.8 Å². The van der Waals surface area contributed by atoms with E-state index in [1.807, 2.05) is 24.3 Å². The summed E-state index contributed by atoms with van der Waals surface area (Å²) in [5, 5.41) is 20.2. The minimum absolute atomic E-state index is 0.0814. The van der Waals surface area contributed by atoms with E-state index >= 15 is 0 Å². The number of rotatable bonds is 0. The summed E-state index contributed by atoms with van der Waals surface area (Å²) < 4.78 is 0. The lowest BCUT2D eigenvalue weighted by molar-refractivity contribution is 0.589. The Kier molecular flexibility index (Phi) is 2.81. The van der Waals surface area contributed by atoms with Crippen LogP contribution in [0.2, 0.25) is 0 Å². The average Bonchev–Trinajstić information content (AvgIpc) is 2.35. The number of hydrogen-bond donors (Lipinski definition) is 0. The van der Waals surface area contributed by atoms with Crippen LogP contribution in [0, 0.1) is 22.7 Å². The van der Waals surface area contributed by atoms with Crippen LogP contribution in [0.1, 0.15) is 37.5 Å². The summed E-state index contributed by atoms with van der Waals surface area (Å²) in [6, 6.07) is 13.9. The lowest BCUT2D eigenvalue weighted by atomic mass is 9.82. The molecule has 2 rings (SSSR count). The summed E-state index contributed by atoms with van der Waals surface area (Å²) in [4.78, 5) is 0. The third-order valence-corrected chi connectivity index (χ3v) is 3.10. The van der Waals surface area contributed by atoms with Gasteiger partial charge in [-0.15, -0.1) is 0 Å². The van der Waals surface area contributed by atoms with Crippen LogP contribution in [-0.2, 0) is 5.41 Å². The Morgan fingerprint density at radius 3 is 2.17 bits per heavy atom. The van der Waals surface area contributed by atoms with E-state index in [0.29, 0.717) is 11.1 Å². The molecule has 0 aliphatic rings. The fraction of sp³-hybridized carbons (Fsp3) is 0.250. The molecular formula is C16H14N2. The van der Waals surface area contributed by atoms with Crippen LogP contribution < -0.4 is 0 Å². The fourth-order valence-corrected chi connectivity index (χ4v) is 2.20. The van der Waals surface area contributed by atoms with E-state index in [1.165, 1.54) is 0 Å². The molecule has 2 aromatic rings. The molecule has 18 heavy (non-hydrogen) atoms. The lowest BCUT2D eigenvalue weighted by Crippen LogP contribution is -2.13. The fourth-order valence-electron chi connectivity index (χ4n) is 2.20. The van der Waals surface area contributed by atoms with Crippen molar-refractivity contribution < 1.29 is 0 Å². The Bertz CT molecular complexity index is 692. The van der Waals surface area contributed by atoms with Crippen LogP contribution in [0.5, 0.6) is 0 Å². The summed E-state index contributed by atoms with van der Waals surface area (Å²) in [7, 11) is 0. The van der Waals surface area contributed by atoms with Gasteiger partial charge in [0.25, 0.3) is 0 Å². The van der Waals surface area contributed by atoms with Crippen LogP contribution in [-0.4, -0.2) is 0 Å². The average molecular weight is 234 g/mol. The molecule has 88 valence electrons. The van der Waals surface area contributed by atoms with E-state index in [0.717, 1.165) is 16.3 Å². The molecular weight excluding hydrogens is 220 g/mol. The maximum atomic E-state index is 9.41. The van der Waals surface area contributed by atoms with Gasteiger partial charge < -0.3 is 0 Å². The van der Waals surface area contributed by atoms with Gasteiger partial charge in [-0.2, -0.15) is 10.5 Å². The van der Waals surface area contributed by atoms with E-state index in [2.05, 4.69) is 32.9 Å². The Balaban J connectivity index is 2.92. The third-order valence-electron chi connectivity index (χ3n) is 3.10. The first-order valence-electron chi connectivity index (χ1n) is 5.85. The third kappa shape index (κ3) is 1.83. The molecule has 0 spiro atoms. The Morgan fingerprint density at radius 1 is 0.889 bits per heavy atom. The quantitative estimate of drug-likeness (QED) is 0.694. The molecule has 0 atom stereocenters. The van der Waals surface area contributed by atoms with Gasteiger partial charge in [-0.05, 0) is 17.0 Å². The molecule has 0 radical (unpaired) electrons. The van der Waals surface area contributed by atoms with Gasteiger partial charge in [0.2, 0.25) is 0 Å². The van der Waals surface area contributed by atoms with Gasteiger partial charge in [0.15, 0.2) is 0 Å². The molecule has 2 nitrogen and oxygen atoms in total. The first-order chi connectivity index (χ1) is 8.49. The van der Waals surface area contributed by atoms with Crippen LogP contribution in [0.4, 0.5) is 0 Å². The van der Waals surface area contributed by atoms with Crippen LogP contribution in [0.3, 0.4) is 0 Å². The largest absolute Gasteiger partial charge is 0.192 e. The van der Waals surface area contributed by atoms with Crippen molar-refractivity contribution in [2.24, 2.45) is 0 Å². The normalized spacial score (nSPS) is 10.9. The monoisotopic (exact) mass is 234 g/mol. The summed E-state index contributed by atoms with van der Waals surface area (Å²) in [5.74, 6) is 0. The van der Waals surface area contributed by atoms with Crippen LogP contribution in [0.25, 0.3) is 10.8 Å². The Morgan fingerprint density at radius 2 is 1.61 bits per heavy atom. The zero-order chi connectivity index (χ0) is 13.3. The molecule has 0 bridgehead atoms. The van der Waals surface area contributed by atoms with Gasteiger partial charge in [0, 0.05) is 10.8 Å². The highest BCUT2D eigenvalue weighted by Crippen LogP contribution is 2.31. The Labute approximate surface area is 107 Å². The molecule has 2 aromatic carbocycles. The SMILES string of the molecule is CC(C)(C)c1ccc2c(C#N)cccc2c1C#N. The number of nitrogens with zero attached hydrogens (tertiary/aromatic N) is 2. The predicted octanol–water partition coefficient (Wildman–Crippen LogP) is 3.88. The van der Waals surface area contributed by atoms with Gasteiger partial charge in [-0.25, -0.2) is 0 Å². The van der Waals surface area contributed by atoms with Crippen molar-refractivity contribution in [3.8, 4) is 12.1 Å². The van der Waals surface area contributed by atoms with Crippen LogP contribution in [0.15, 0.2) is 30.3 Å². The van der Waals surface area contributed by atoms with Gasteiger partial charge in [-0.3, -0.25) is 0 Å². The minimum Gasteiger partial charge on any atom is -0.192 e. The van der Waals surface area contributed by atoms with Crippen molar-refractivity contribution in [2.45, 2.75) is 26.2 Å². The molecule has 0 N–H and O–H groups in total. The molecule has 0 aliphatic carbocycles. The molecule has 0 aromatic heterocycles. The number of hydrogen-bond acceptors (Lipinski definition) is 2. The molecule has 0 heterocycles. The van der Waals surface area contributed by atoms with Crippen molar-refractivity contribution in [2.75, 3.05) is 0 Å². The zero-order valence-corrected chi connectivity index (χ0v) is 10.8. The smallest absolute Gasteiger partial charge is 0.100 e. The van der Waals surface area contributed by atoms with E-state index in [4.69, 9.17) is 5.26 Å². The molecule has 0 aliphatic heterocycles. The van der Waals surface area contributed by atoms with Gasteiger partial charge in [0.05, 0.1) is 17.2 Å². The second kappa shape index (κ2) is 4.17. The van der Waals surface area contributed by atoms with E-state index in [1.54, 1.807) is 6.07 Å². The van der Waals surface area contributed by atoms with E-state index < -0.39 is 0 Å². The van der Waals surface area contributed by atoms with Gasteiger partial charge in [0.1, 0.15) is 6.07 Å². The molecule has 2 heteroatoms. The maximum absolute atomic E-state index is 9.41. The van der Waals surface area contributed by atoms with Crippen molar-refractivity contribution in [1.29, 1.82) is 10.5 Å². The minimum atomic E-state index is -0.0814. The highest BCUT2D eigenvalue weighted by atomic mass is 14.3. The van der Waals surface area contributed by atoms with Crippen molar-refractivity contribution in [3.63, 3.8) is 0 Å². The van der Waals surface area contributed by atoms with Crippen molar-refractivity contribution in [1.82, 2.24) is 0 Å². The first-order valence-corrected chi connectivity index (χ1v) is 5.85. The predicted molar refractivity (Wildman–Crippen MR) is 72.1 cm³/mol. The summed E-state index contributed by atoms with van der Waals surface area (Å²) in [6.07, 6.45) is 0. The second-order valence-electron chi connectivity index (χ2n) is 5.36.